The Labute approximate surface area is 164 Å². The molecule has 0 spiro atoms. The third-order valence-electron chi connectivity index (χ3n) is 3.78. The first-order valence-corrected chi connectivity index (χ1v) is 9.81. The SMILES string of the molecule is Cc1cc(C)c(NC(=O)CSc2nnc(-c3ccccc3Br)o2)c(C)c1. The number of aromatic nitrogens is 2. The Bertz CT molecular complexity index is 932. The number of carbonyl (C=O) groups is 1. The minimum Gasteiger partial charge on any atom is -0.411 e. The molecule has 1 heterocycles. The van der Waals surface area contributed by atoms with Crippen molar-refractivity contribution >= 4 is 39.3 Å². The van der Waals surface area contributed by atoms with Gasteiger partial charge in [0.05, 0.1) is 11.3 Å². The smallest absolute Gasteiger partial charge is 0.277 e. The maximum atomic E-state index is 12.3. The Morgan fingerprint density at radius 1 is 1.15 bits per heavy atom. The van der Waals surface area contributed by atoms with Crippen LogP contribution in [0.5, 0.6) is 0 Å². The van der Waals surface area contributed by atoms with E-state index in [1.165, 1.54) is 17.3 Å². The Kier molecular flexibility index (Phi) is 5.78. The summed E-state index contributed by atoms with van der Waals surface area (Å²) < 4.78 is 6.52. The van der Waals surface area contributed by atoms with Crippen molar-refractivity contribution in [1.29, 1.82) is 0 Å². The molecule has 26 heavy (non-hydrogen) atoms. The van der Waals surface area contributed by atoms with Crippen molar-refractivity contribution in [1.82, 2.24) is 10.2 Å². The number of benzene rings is 2. The van der Waals surface area contributed by atoms with Crippen molar-refractivity contribution in [3.8, 4) is 11.5 Å². The highest BCUT2D eigenvalue weighted by Crippen LogP contribution is 2.29. The molecule has 1 amide bonds. The predicted octanol–water partition coefficient (Wildman–Crippen LogP) is 5.16. The molecule has 0 bridgehead atoms. The number of carbonyl (C=O) groups excluding carboxylic acids is 1. The van der Waals surface area contributed by atoms with Gasteiger partial charge in [0, 0.05) is 10.2 Å². The number of nitrogens with zero attached hydrogens (tertiary/aromatic N) is 2. The lowest BCUT2D eigenvalue weighted by molar-refractivity contribution is -0.113. The van der Waals surface area contributed by atoms with Crippen LogP contribution in [0.2, 0.25) is 0 Å². The molecule has 0 saturated heterocycles. The molecule has 0 aliphatic rings. The van der Waals surface area contributed by atoms with Crippen LogP contribution in [0.3, 0.4) is 0 Å². The van der Waals surface area contributed by atoms with Gasteiger partial charge in [0.2, 0.25) is 11.8 Å². The number of hydrogen-bond donors (Lipinski definition) is 1. The quantitative estimate of drug-likeness (QED) is 0.565. The fraction of sp³-hybridized carbons (Fsp3) is 0.211. The topological polar surface area (TPSA) is 68.0 Å². The summed E-state index contributed by atoms with van der Waals surface area (Å²) in [6.07, 6.45) is 0. The number of thioether (sulfide) groups is 1. The minimum absolute atomic E-state index is 0.106. The summed E-state index contributed by atoms with van der Waals surface area (Å²) in [5.74, 6) is 0.515. The van der Waals surface area contributed by atoms with Gasteiger partial charge in [0.25, 0.3) is 5.22 Å². The zero-order valence-corrected chi connectivity index (χ0v) is 17.1. The molecule has 1 N–H and O–H groups in total. The molecular formula is C19H18BrN3O2S. The first kappa shape index (κ1) is 18.7. The van der Waals surface area contributed by atoms with Crippen LogP contribution < -0.4 is 5.32 Å². The van der Waals surface area contributed by atoms with Crippen LogP contribution in [0.1, 0.15) is 16.7 Å². The minimum atomic E-state index is -0.106. The number of aryl methyl sites for hydroxylation is 3. The zero-order valence-electron chi connectivity index (χ0n) is 14.7. The van der Waals surface area contributed by atoms with Gasteiger partial charge in [-0.15, -0.1) is 10.2 Å². The van der Waals surface area contributed by atoms with Crippen molar-refractivity contribution in [3.63, 3.8) is 0 Å². The average molecular weight is 432 g/mol. The highest BCUT2D eigenvalue weighted by Gasteiger charge is 2.14. The highest BCUT2D eigenvalue weighted by atomic mass is 79.9. The van der Waals surface area contributed by atoms with Crippen molar-refractivity contribution in [2.24, 2.45) is 0 Å². The maximum Gasteiger partial charge on any atom is 0.277 e. The van der Waals surface area contributed by atoms with Crippen LogP contribution in [-0.4, -0.2) is 21.9 Å². The van der Waals surface area contributed by atoms with Crippen LogP contribution in [0.15, 0.2) is 50.5 Å². The van der Waals surface area contributed by atoms with Gasteiger partial charge in [-0.3, -0.25) is 4.79 Å². The molecule has 5 nitrogen and oxygen atoms in total. The molecule has 3 rings (SSSR count). The van der Waals surface area contributed by atoms with Crippen LogP contribution >= 0.6 is 27.7 Å². The van der Waals surface area contributed by atoms with Gasteiger partial charge in [-0.2, -0.15) is 0 Å². The van der Waals surface area contributed by atoms with E-state index < -0.39 is 0 Å². The van der Waals surface area contributed by atoms with Crippen molar-refractivity contribution < 1.29 is 9.21 Å². The monoisotopic (exact) mass is 431 g/mol. The Hall–Kier alpha value is -2.12. The Morgan fingerprint density at radius 2 is 1.85 bits per heavy atom. The number of halogens is 1. The van der Waals surface area contributed by atoms with Crippen molar-refractivity contribution in [2.75, 3.05) is 11.1 Å². The van der Waals surface area contributed by atoms with Crippen LogP contribution in [-0.2, 0) is 4.79 Å². The van der Waals surface area contributed by atoms with Crippen LogP contribution in [0.25, 0.3) is 11.5 Å². The van der Waals surface area contributed by atoms with E-state index in [9.17, 15) is 4.79 Å². The third-order valence-corrected chi connectivity index (χ3v) is 5.29. The summed E-state index contributed by atoms with van der Waals surface area (Å²) in [5.41, 5.74) is 4.96. The Morgan fingerprint density at radius 3 is 2.54 bits per heavy atom. The van der Waals surface area contributed by atoms with Gasteiger partial charge in [-0.1, -0.05) is 41.6 Å². The number of nitrogens with one attached hydrogen (secondary N) is 1. The molecule has 0 aliphatic heterocycles. The second-order valence-electron chi connectivity index (χ2n) is 5.96. The summed E-state index contributed by atoms with van der Waals surface area (Å²) >= 11 is 4.68. The number of rotatable bonds is 5. The van der Waals surface area contributed by atoms with Gasteiger partial charge >= 0.3 is 0 Å². The maximum absolute atomic E-state index is 12.3. The average Bonchev–Trinajstić information content (AvgIpc) is 3.05. The van der Waals surface area contributed by atoms with Gasteiger partial charge < -0.3 is 9.73 Å². The van der Waals surface area contributed by atoms with E-state index >= 15 is 0 Å². The van der Waals surface area contributed by atoms with Crippen LogP contribution in [0, 0.1) is 20.8 Å². The zero-order chi connectivity index (χ0) is 18.7. The van der Waals surface area contributed by atoms with Gasteiger partial charge in [-0.05, 0) is 60.0 Å². The van der Waals surface area contributed by atoms with Gasteiger partial charge in [-0.25, -0.2) is 0 Å². The second-order valence-corrected chi connectivity index (χ2v) is 7.74. The van der Waals surface area contributed by atoms with Crippen molar-refractivity contribution in [2.45, 2.75) is 26.0 Å². The van der Waals surface area contributed by atoms with E-state index in [0.717, 1.165) is 26.9 Å². The van der Waals surface area contributed by atoms with Gasteiger partial charge in [0.15, 0.2) is 0 Å². The van der Waals surface area contributed by atoms with E-state index in [1.54, 1.807) is 0 Å². The van der Waals surface area contributed by atoms with E-state index in [2.05, 4.69) is 43.6 Å². The van der Waals surface area contributed by atoms with E-state index in [0.29, 0.717) is 11.1 Å². The highest BCUT2D eigenvalue weighted by molar-refractivity contribution is 9.10. The first-order valence-electron chi connectivity index (χ1n) is 8.03. The summed E-state index contributed by atoms with van der Waals surface area (Å²) in [6, 6.07) is 11.7. The predicted molar refractivity (Wildman–Crippen MR) is 107 cm³/mol. The summed E-state index contributed by atoms with van der Waals surface area (Å²) in [5, 5.41) is 11.4. The molecule has 3 aromatic rings. The van der Waals surface area contributed by atoms with Crippen molar-refractivity contribution in [3.05, 3.63) is 57.6 Å². The first-order chi connectivity index (χ1) is 12.4. The summed E-state index contributed by atoms with van der Waals surface area (Å²) in [7, 11) is 0. The molecule has 7 heteroatoms. The molecule has 0 unspecified atom stereocenters. The number of amides is 1. The number of anilines is 1. The van der Waals surface area contributed by atoms with E-state index in [1.807, 2.05) is 45.0 Å². The van der Waals surface area contributed by atoms with Gasteiger partial charge in [0.1, 0.15) is 0 Å². The van der Waals surface area contributed by atoms with E-state index in [-0.39, 0.29) is 11.7 Å². The number of hydrogen-bond acceptors (Lipinski definition) is 5. The third kappa shape index (κ3) is 4.34. The fourth-order valence-electron chi connectivity index (χ4n) is 2.69. The molecule has 0 fully saturated rings. The molecule has 134 valence electrons. The lowest BCUT2D eigenvalue weighted by Crippen LogP contribution is -2.15. The molecule has 0 atom stereocenters. The molecule has 1 aromatic heterocycles. The lowest BCUT2D eigenvalue weighted by Gasteiger charge is -2.12. The standard InChI is InChI=1S/C19H18BrN3O2S/c1-11-8-12(2)17(13(3)9-11)21-16(24)10-26-19-23-22-18(25-19)14-6-4-5-7-15(14)20/h4-9H,10H2,1-3H3,(H,21,24). The lowest BCUT2D eigenvalue weighted by atomic mass is 10.1. The summed E-state index contributed by atoms with van der Waals surface area (Å²) in [6.45, 7) is 6.02. The molecular weight excluding hydrogens is 414 g/mol. The normalized spacial score (nSPS) is 10.8. The molecule has 0 radical (unpaired) electrons. The molecule has 0 saturated carbocycles. The van der Waals surface area contributed by atoms with Crippen LogP contribution in [0.4, 0.5) is 5.69 Å². The molecule has 2 aromatic carbocycles. The summed E-state index contributed by atoms with van der Waals surface area (Å²) in [4.78, 5) is 12.3. The fourth-order valence-corrected chi connectivity index (χ4v) is 3.71. The Balaban J connectivity index is 1.63. The second kappa shape index (κ2) is 8.05. The molecule has 0 aliphatic carbocycles. The largest absolute Gasteiger partial charge is 0.411 e. The van der Waals surface area contributed by atoms with E-state index in [4.69, 9.17) is 4.42 Å².